The summed E-state index contributed by atoms with van der Waals surface area (Å²) in [6.07, 6.45) is 3.35. The molecular formula is C14H15ClO2. The number of esters is 1. The second-order valence-electron chi connectivity index (χ2n) is 4.02. The Labute approximate surface area is 106 Å². The molecule has 1 unspecified atom stereocenters. The van der Waals surface area contributed by atoms with E-state index in [-0.39, 0.29) is 11.3 Å². The van der Waals surface area contributed by atoms with Crippen LogP contribution in [0.3, 0.4) is 0 Å². The van der Waals surface area contributed by atoms with Crippen molar-refractivity contribution in [3.8, 4) is 0 Å². The average molecular weight is 251 g/mol. The molecule has 0 heterocycles. The number of alkyl halides is 1. The lowest BCUT2D eigenvalue weighted by molar-refractivity contribution is -0.137. The van der Waals surface area contributed by atoms with E-state index in [4.69, 9.17) is 16.3 Å². The molecule has 90 valence electrons. The lowest BCUT2D eigenvalue weighted by atomic mass is 9.87. The smallest absolute Gasteiger partial charge is 0.331 e. The largest absolute Gasteiger partial charge is 0.463 e. The number of carbonyl (C=O) groups is 1. The van der Waals surface area contributed by atoms with Crippen LogP contribution in [0.5, 0.6) is 0 Å². The van der Waals surface area contributed by atoms with E-state index < -0.39 is 0 Å². The highest BCUT2D eigenvalue weighted by Gasteiger charge is 2.22. The van der Waals surface area contributed by atoms with Crippen LogP contribution in [0.25, 0.3) is 5.57 Å². The lowest BCUT2D eigenvalue weighted by Crippen LogP contribution is -2.14. The third-order valence-electron chi connectivity index (χ3n) is 2.89. The van der Waals surface area contributed by atoms with Crippen LogP contribution >= 0.6 is 11.6 Å². The highest BCUT2D eigenvalue weighted by molar-refractivity contribution is 6.27. The fourth-order valence-corrected chi connectivity index (χ4v) is 2.40. The second kappa shape index (κ2) is 5.37. The Kier molecular flexibility index (Phi) is 3.85. The Bertz CT molecular complexity index is 451. The van der Waals surface area contributed by atoms with Crippen molar-refractivity contribution in [2.45, 2.75) is 25.1 Å². The SMILES string of the molecule is CCOC(=O)/C=C1/c2ccccc2CCC1Cl. The van der Waals surface area contributed by atoms with Crippen LogP contribution < -0.4 is 0 Å². The zero-order valence-electron chi connectivity index (χ0n) is 9.78. The monoisotopic (exact) mass is 250 g/mol. The molecule has 0 saturated heterocycles. The summed E-state index contributed by atoms with van der Waals surface area (Å²) < 4.78 is 4.93. The van der Waals surface area contributed by atoms with Crippen molar-refractivity contribution in [2.24, 2.45) is 0 Å². The summed E-state index contributed by atoms with van der Waals surface area (Å²) in [6, 6.07) is 8.06. The number of hydrogen-bond donors (Lipinski definition) is 0. The number of benzene rings is 1. The van der Waals surface area contributed by atoms with Crippen molar-refractivity contribution in [1.82, 2.24) is 0 Å². The highest BCUT2D eigenvalue weighted by Crippen LogP contribution is 2.34. The molecule has 0 N–H and O–H groups in total. The molecule has 1 aliphatic rings. The minimum Gasteiger partial charge on any atom is -0.463 e. The Hall–Kier alpha value is -1.28. The van der Waals surface area contributed by atoms with Gasteiger partial charge in [-0.2, -0.15) is 0 Å². The average Bonchev–Trinajstić information content (AvgIpc) is 2.33. The number of fused-ring (bicyclic) bond motifs is 1. The molecule has 1 atom stereocenters. The molecule has 3 heteroatoms. The van der Waals surface area contributed by atoms with Gasteiger partial charge in [0.05, 0.1) is 12.0 Å². The molecule has 0 aromatic heterocycles. The molecule has 2 rings (SSSR count). The molecule has 0 radical (unpaired) electrons. The Balaban J connectivity index is 2.36. The molecule has 17 heavy (non-hydrogen) atoms. The van der Waals surface area contributed by atoms with Crippen LogP contribution in [0.15, 0.2) is 30.3 Å². The fourth-order valence-electron chi connectivity index (χ4n) is 2.11. The van der Waals surface area contributed by atoms with Crippen LogP contribution in [-0.2, 0) is 16.0 Å². The van der Waals surface area contributed by atoms with Gasteiger partial charge in [-0.05, 0) is 36.5 Å². The summed E-state index contributed by atoms with van der Waals surface area (Å²) in [4.78, 5) is 11.5. The van der Waals surface area contributed by atoms with E-state index in [0.717, 1.165) is 24.0 Å². The van der Waals surface area contributed by atoms with Gasteiger partial charge < -0.3 is 4.74 Å². The van der Waals surface area contributed by atoms with Crippen molar-refractivity contribution in [2.75, 3.05) is 6.61 Å². The molecular weight excluding hydrogens is 236 g/mol. The number of ether oxygens (including phenoxy) is 1. The molecule has 0 amide bonds. The van der Waals surface area contributed by atoms with Crippen LogP contribution in [0.1, 0.15) is 24.5 Å². The Morgan fingerprint density at radius 1 is 1.53 bits per heavy atom. The molecule has 0 aliphatic heterocycles. The van der Waals surface area contributed by atoms with Gasteiger partial charge in [0.2, 0.25) is 0 Å². The van der Waals surface area contributed by atoms with Gasteiger partial charge >= 0.3 is 5.97 Å². The molecule has 1 aromatic rings. The third-order valence-corrected chi connectivity index (χ3v) is 3.35. The van der Waals surface area contributed by atoms with E-state index in [9.17, 15) is 4.79 Å². The number of rotatable bonds is 2. The Morgan fingerprint density at radius 3 is 3.06 bits per heavy atom. The summed E-state index contributed by atoms with van der Waals surface area (Å²) in [5, 5.41) is -0.102. The normalized spacial score (nSPS) is 21.1. The summed E-state index contributed by atoms with van der Waals surface area (Å²) >= 11 is 6.28. The first kappa shape index (κ1) is 12.2. The maximum Gasteiger partial charge on any atom is 0.331 e. The Morgan fingerprint density at radius 2 is 2.29 bits per heavy atom. The van der Waals surface area contributed by atoms with Crippen molar-refractivity contribution >= 4 is 23.1 Å². The fraction of sp³-hybridized carbons (Fsp3) is 0.357. The topological polar surface area (TPSA) is 26.3 Å². The van der Waals surface area contributed by atoms with Crippen LogP contribution in [-0.4, -0.2) is 18.0 Å². The molecule has 0 fully saturated rings. The minimum atomic E-state index is -0.315. The number of carbonyl (C=O) groups excluding carboxylic acids is 1. The van der Waals surface area contributed by atoms with Gasteiger partial charge in [-0.3, -0.25) is 0 Å². The first-order chi connectivity index (χ1) is 8.22. The number of aryl methyl sites for hydroxylation is 1. The van der Waals surface area contributed by atoms with E-state index in [1.54, 1.807) is 6.92 Å². The van der Waals surface area contributed by atoms with E-state index in [0.29, 0.717) is 6.61 Å². The van der Waals surface area contributed by atoms with Gasteiger partial charge in [-0.1, -0.05) is 24.3 Å². The zero-order chi connectivity index (χ0) is 12.3. The van der Waals surface area contributed by atoms with E-state index in [1.807, 2.05) is 18.2 Å². The molecule has 0 bridgehead atoms. The van der Waals surface area contributed by atoms with Gasteiger partial charge in [0.25, 0.3) is 0 Å². The number of allylic oxidation sites excluding steroid dienone is 1. The van der Waals surface area contributed by atoms with Crippen LogP contribution in [0.2, 0.25) is 0 Å². The minimum absolute atomic E-state index is 0.102. The van der Waals surface area contributed by atoms with Gasteiger partial charge in [0, 0.05) is 6.08 Å². The van der Waals surface area contributed by atoms with E-state index >= 15 is 0 Å². The molecule has 0 spiro atoms. The van der Waals surface area contributed by atoms with Crippen LogP contribution in [0.4, 0.5) is 0 Å². The maximum atomic E-state index is 11.5. The summed E-state index contributed by atoms with van der Waals surface area (Å²) in [6.45, 7) is 2.18. The first-order valence-electron chi connectivity index (χ1n) is 5.83. The summed E-state index contributed by atoms with van der Waals surface area (Å²) in [5.74, 6) is -0.315. The van der Waals surface area contributed by atoms with Gasteiger partial charge in [-0.15, -0.1) is 11.6 Å². The second-order valence-corrected chi connectivity index (χ2v) is 4.54. The number of hydrogen-bond acceptors (Lipinski definition) is 2. The van der Waals surface area contributed by atoms with Crippen molar-refractivity contribution < 1.29 is 9.53 Å². The summed E-state index contributed by atoms with van der Waals surface area (Å²) in [5.41, 5.74) is 3.21. The quantitative estimate of drug-likeness (QED) is 0.458. The first-order valence-corrected chi connectivity index (χ1v) is 6.26. The predicted molar refractivity (Wildman–Crippen MR) is 69.0 cm³/mol. The molecule has 1 aliphatic carbocycles. The highest BCUT2D eigenvalue weighted by atomic mass is 35.5. The lowest BCUT2D eigenvalue weighted by Gasteiger charge is -2.23. The molecule has 0 saturated carbocycles. The summed E-state index contributed by atoms with van der Waals surface area (Å²) in [7, 11) is 0. The van der Waals surface area contributed by atoms with Crippen molar-refractivity contribution in [3.63, 3.8) is 0 Å². The molecule has 1 aromatic carbocycles. The van der Waals surface area contributed by atoms with Gasteiger partial charge in [0.15, 0.2) is 0 Å². The maximum absolute atomic E-state index is 11.5. The van der Waals surface area contributed by atoms with E-state index in [1.165, 1.54) is 11.6 Å². The van der Waals surface area contributed by atoms with Crippen LogP contribution in [0, 0.1) is 0 Å². The molecule has 2 nitrogen and oxygen atoms in total. The van der Waals surface area contributed by atoms with Crippen molar-refractivity contribution in [3.05, 3.63) is 41.5 Å². The predicted octanol–water partition coefficient (Wildman–Crippen LogP) is 3.19. The third kappa shape index (κ3) is 2.70. The van der Waals surface area contributed by atoms with E-state index in [2.05, 4.69) is 6.07 Å². The van der Waals surface area contributed by atoms with Crippen molar-refractivity contribution in [1.29, 1.82) is 0 Å². The standard InChI is InChI=1S/C14H15ClO2/c1-2-17-14(16)9-12-11-6-4-3-5-10(11)7-8-13(12)15/h3-6,9,13H,2,7-8H2,1H3/b12-9-. The zero-order valence-corrected chi connectivity index (χ0v) is 10.5. The number of halogens is 1. The van der Waals surface area contributed by atoms with Gasteiger partial charge in [0.1, 0.15) is 0 Å². The van der Waals surface area contributed by atoms with Gasteiger partial charge in [-0.25, -0.2) is 4.79 Å².